The molecule has 1 fully saturated rings. The molecule has 0 spiro atoms. The highest BCUT2D eigenvalue weighted by molar-refractivity contribution is 4.85. The third-order valence-corrected chi connectivity index (χ3v) is 4.07. The zero-order chi connectivity index (χ0) is 12.6. The molecule has 1 aliphatic rings. The van der Waals surface area contributed by atoms with Crippen molar-refractivity contribution in [3.05, 3.63) is 0 Å². The number of unbranched alkanes of at least 4 members (excludes halogenated alkanes) is 4. The molecular formula is C15H31NO. The summed E-state index contributed by atoms with van der Waals surface area (Å²) in [6.45, 7) is 7.87. The monoisotopic (exact) mass is 241 g/mol. The zero-order valence-corrected chi connectivity index (χ0v) is 11.9. The summed E-state index contributed by atoms with van der Waals surface area (Å²) in [6.07, 6.45) is 10.7. The highest BCUT2D eigenvalue weighted by Gasteiger charge is 2.30. The van der Waals surface area contributed by atoms with Gasteiger partial charge < -0.3 is 10.0 Å². The Morgan fingerprint density at radius 2 is 1.59 bits per heavy atom. The van der Waals surface area contributed by atoms with E-state index in [2.05, 4.69) is 18.7 Å². The van der Waals surface area contributed by atoms with E-state index in [1.54, 1.807) is 0 Å². The average molecular weight is 241 g/mol. The van der Waals surface area contributed by atoms with Crippen LogP contribution in [0.2, 0.25) is 0 Å². The first-order chi connectivity index (χ1) is 8.20. The molecule has 1 rings (SSSR count). The maximum atomic E-state index is 10.5. The topological polar surface area (TPSA) is 23.5 Å². The first-order valence-electron chi connectivity index (χ1n) is 7.65. The summed E-state index contributed by atoms with van der Waals surface area (Å²) in [6, 6.07) is 0. The number of nitrogens with zero attached hydrogens (tertiary/aromatic N) is 1. The van der Waals surface area contributed by atoms with Gasteiger partial charge in [-0.15, -0.1) is 0 Å². The lowest BCUT2D eigenvalue weighted by Gasteiger charge is -2.38. The first kappa shape index (κ1) is 15.0. The zero-order valence-electron chi connectivity index (χ0n) is 11.9. The third kappa shape index (κ3) is 5.87. The highest BCUT2D eigenvalue weighted by atomic mass is 16.3. The largest absolute Gasteiger partial charge is 0.390 e. The smallest absolute Gasteiger partial charge is 0.0672 e. The van der Waals surface area contributed by atoms with Crippen LogP contribution in [-0.2, 0) is 0 Å². The second kappa shape index (κ2) is 8.10. The number of hydrogen-bond acceptors (Lipinski definition) is 2. The van der Waals surface area contributed by atoms with Gasteiger partial charge in [0.1, 0.15) is 0 Å². The Labute approximate surface area is 107 Å². The van der Waals surface area contributed by atoms with Crippen molar-refractivity contribution < 1.29 is 5.11 Å². The molecule has 1 heterocycles. The maximum Gasteiger partial charge on any atom is 0.0672 e. The number of likely N-dealkylation sites (tertiary alicyclic amines) is 1. The molecule has 0 saturated carbocycles. The van der Waals surface area contributed by atoms with Gasteiger partial charge in [-0.05, 0) is 32.2 Å². The molecule has 0 radical (unpaired) electrons. The molecular weight excluding hydrogens is 210 g/mol. The van der Waals surface area contributed by atoms with Crippen molar-refractivity contribution in [3.8, 4) is 0 Å². The Kier molecular flexibility index (Phi) is 7.14. The van der Waals surface area contributed by atoms with Crippen molar-refractivity contribution in [3.63, 3.8) is 0 Å². The molecule has 0 aliphatic carbocycles. The molecule has 102 valence electrons. The molecule has 0 amide bonds. The van der Waals surface area contributed by atoms with Crippen LogP contribution >= 0.6 is 0 Å². The van der Waals surface area contributed by atoms with Gasteiger partial charge in [0.05, 0.1) is 5.60 Å². The fourth-order valence-corrected chi connectivity index (χ4v) is 2.82. The van der Waals surface area contributed by atoms with Crippen molar-refractivity contribution in [1.82, 2.24) is 4.90 Å². The van der Waals surface area contributed by atoms with Crippen molar-refractivity contribution in [1.29, 1.82) is 0 Å². The standard InChI is InChI=1S/C15H31NO/c1-3-5-6-7-8-9-15(17)10-13-16(12-4-2)14-11-15/h17H,3-14H2,1-2H3. The molecule has 0 aromatic carbocycles. The van der Waals surface area contributed by atoms with Gasteiger partial charge in [0.2, 0.25) is 0 Å². The molecule has 0 unspecified atom stereocenters. The SMILES string of the molecule is CCCCCCCC1(O)CCN(CCC)CC1. The fraction of sp³-hybridized carbons (Fsp3) is 1.00. The van der Waals surface area contributed by atoms with Gasteiger partial charge >= 0.3 is 0 Å². The molecule has 17 heavy (non-hydrogen) atoms. The van der Waals surface area contributed by atoms with E-state index in [1.165, 1.54) is 45.1 Å². The van der Waals surface area contributed by atoms with Crippen LogP contribution in [-0.4, -0.2) is 35.2 Å². The van der Waals surface area contributed by atoms with E-state index in [-0.39, 0.29) is 5.60 Å². The Balaban J connectivity index is 2.11. The van der Waals surface area contributed by atoms with Crippen LogP contribution in [0.3, 0.4) is 0 Å². The summed E-state index contributed by atoms with van der Waals surface area (Å²) in [4.78, 5) is 2.49. The van der Waals surface area contributed by atoms with E-state index in [4.69, 9.17) is 0 Å². The quantitative estimate of drug-likeness (QED) is 0.657. The van der Waals surface area contributed by atoms with E-state index in [0.29, 0.717) is 0 Å². The van der Waals surface area contributed by atoms with Crippen molar-refractivity contribution in [2.45, 2.75) is 77.2 Å². The van der Waals surface area contributed by atoms with Crippen LogP contribution in [0.25, 0.3) is 0 Å². The lowest BCUT2D eigenvalue weighted by Crippen LogP contribution is -2.44. The normalized spacial score (nSPS) is 20.6. The summed E-state index contributed by atoms with van der Waals surface area (Å²) in [7, 11) is 0. The molecule has 0 bridgehead atoms. The number of aliphatic hydroxyl groups is 1. The van der Waals surface area contributed by atoms with Gasteiger partial charge in [-0.1, -0.05) is 46.0 Å². The minimum atomic E-state index is -0.337. The third-order valence-electron chi connectivity index (χ3n) is 4.07. The Morgan fingerprint density at radius 1 is 0.941 bits per heavy atom. The van der Waals surface area contributed by atoms with Crippen molar-refractivity contribution >= 4 is 0 Å². The minimum absolute atomic E-state index is 0.337. The van der Waals surface area contributed by atoms with E-state index in [0.717, 1.165) is 32.4 Å². The lowest BCUT2D eigenvalue weighted by molar-refractivity contribution is -0.0291. The molecule has 1 saturated heterocycles. The summed E-state index contributed by atoms with van der Waals surface area (Å²) < 4.78 is 0. The van der Waals surface area contributed by atoms with Gasteiger partial charge in [0, 0.05) is 13.1 Å². The highest BCUT2D eigenvalue weighted by Crippen LogP contribution is 2.27. The lowest BCUT2D eigenvalue weighted by atomic mass is 9.86. The Bertz CT molecular complexity index is 185. The maximum absolute atomic E-state index is 10.5. The Morgan fingerprint density at radius 3 is 2.18 bits per heavy atom. The van der Waals surface area contributed by atoms with Crippen molar-refractivity contribution in [2.24, 2.45) is 0 Å². The van der Waals surface area contributed by atoms with Crippen LogP contribution in [0.1, 0.15) is 71.6 Å². The van der Waals surface area contributed by atoms with Gasteiger partial charge in [-0.25, -0.2) is 0 Å². The van der Waals surface area contributed by atoms with Gasteiger partial charge in [-0.3, -0.25) is 0 Å². The molecule has 0 atom stereocenters. The van der Waals surface area contributed by atoms with Gasteiger partial charge in [0.25, 0.3) is 0 Å². The second-order valence-electron chi connectivity index (χ2n) is 5.73. The average Bonchev–Trinajstić information content (AvgIpc) is 2.33. The van der Waals surface area contributed by atoms with Gasteiger partial charge in [-0.2, -0.15) is 0 Å². The van der Waals surface area contributed by atoms with Crippen molar-refractivity contribution in [2.75, 3.05) is 19.6 Å². The van der Waals surface area contributed by atoms with Crippen LogP contribution in [0.15, 0.2) is 0 Å². The molecule has 2 heteroatoms. The summed E-state index contributed by atoms with van der Waals surface area (Å²) >= 11 is 0. The molecule has 0 aromatic rings. The molecule has 0 aromatic heterocycles. The predicted molar refractivity (Wildman–Crippen MR) is 74.3 cm³/mol. The number of rotatable bonds is 8. The van der Waals surface area contributed by atoms with E-state index >= 15 is 0 Å². The second-order valence-corrected chi connectivity index (χ2v) is 5.73. The van der Waals surface area contributed by atoms with E-state index in [1.807, 2.05) is 0 Å². The predicted octanol–water partition coefficient (Wildman–Crippen LogP) is 3.58. The van der Waals surface area contributed by atoms with Gasteiger partial charge in [0.15, 0.2) is 0 Å². The number of piperidine rings is 1. The van der Waals surface area contributed by atoms with Crippen LogP contribution in [0.5, 0.6) is 0 Å². The Hall–Kier alpha value is -0.0800. The molecule has 1 N–H and O–H groups in total. The molecule has 1 aliphatic heterocycles. The summed E-state index contributed by atoms with van der Waals surface area (Å²) in [5.74, 6) is 0. The summed E-state index contributed by atoms with van der Waals surface area (Å²) in [5.41, 5.74) is -0.337. The van der Waals surface area contributed by atoms with Crippen LogP contribution in [0.4, 0.5) is 0 Å². The number of hydrogen-bond donors (Lipinski definition) is 1. The first-order valence-corrected chi connectivity index (χ1v) is 7.65. The fourth-order valence-electron chi connectivity index (χ4n) is 2.82. The van der Waals surface area contributed by atoms with Crippen LogP contribution in [0, 0.1) is 0 Å². The van der Waals surface area contributed by atoms with E-state index < -0.39 is 0 Å². The minimum Gasteiger partial charge on any atom is -0.390 e. The summed E-state index contributed by atoms with van der Waals surface area (Å²) in [5, 5.41) is 10.5. The molecule has 2 nitrogen and oxygen atoms in total. The van der Waals surface area contributed by atoms with Crippen LogP contribution < -0.4 is 0 Å². The van der Waals surface area contributed by atoms with E-state index in [9.17, 15) is 5.11 Å².